The number of nitrogens with zero attached hydrogens (tertiary/aromatic N) is 1. The number of anilines is 1. The average Bonchev–Trinajstić information content (AvgIpc) is 3.10. The molecule has 6 heteroatoms. The van der Waals surface area contributed by atoms with E-state index in [-0.39, 0.29) is 11.5 Å². The van der Waals surface area contributed by atoms with Crippen molar-refractivity contribution < 1.29 is 19.1 Å². The Morgan fingerprint density at radius 3 is 3.00 bits per heavy atom. The molecule has 3 rings (SSSR count). The second kappa shape index (κ2) is 3.19. The number of hydrogen-bond donors (Lipinski definition) is 1. The lowest BCUT2D eigenvalue weighted by atomic mass is 10.2. The summed E-state index contributed by atoms with van der Waals surface area (Å²) in [6, 6.07) is 1.50. The molecule has 1 fully saturated rings. The molecule has 0 radical (unpaired) electrons. The van der Waals surface area contributed by atoms with Gasteiger partial charge in [0.2, 0.25) is 5.88 Å². The van der Waals surface area contributed by atoms with E-state index in [4.69, 9.17) is 4.74 Å². The van der Waals surface area contributed by atoms with E-state index in [2.05, 4.69) is 15.0 Å². The minimum absolute atomic E-state index is 0.172. The number of rotatable bonds is 1. The summed E-state index contributed by atoms with van der Waals surface area (Å²) in [5.41, 5.74) is -0.0235. The predicted molar refractivity (Wildman–Crippen MR) is 56.8 cm³/mol. The maximum Gasteiger partial charge on any atom is 0.339 e. The van der Waals surface area contributed by atoms with E-state index in [1.165, 1.54) is 19.4 Å². The minimum Gasteiger partial charge on any atom is -0.465 e. The van der Waals surface area contributed by atoms with Crippen LogP contribution in [0.15, 0.2) is 12.3 Å². The molecule has 1 spiro atoms. The molecule has 0 aromatic carbocycles. The number of carbonyl (C=O) groups excluding carboxylic acids is 2. The number of aromatic nitrogens is 1. The van der Waals surface area contributed by atoms with E-state index in [0.29, 0.717) is 24.4 Å². The molecule has 0 atom stereocenters. The SMILES string of the molecule is COC(=O)c1cnc2c(c1)NC(=O)C1(CC1)O2. The van der Waals surface area contributed by atoms with Crippen LogP contribution in [0, 0.1) is 0 Å². The van der Waals surface area contributed by atoms with Crippen LogP contribution in [0.3, 0.4) is 0 Å². The maximum atomic E-state index is 11.7. The highest BCUT2D eigenvalue weighted by Crippen LogP contribution is 2.45. The van der Waals surface area contributed by atoms with E-state index in [1.807, 2.05) is 0 Å². The third kappa shape index (κ3) is 1.44. The van der Waals surface area contributed by atoms with Gasteiger partial charge in [0.05, 0.1) is 12.7 Å². The van der Waals surface area contributed by atoms with Crippen LogP contribution >= 0.6 is 0 Å². The molecule has 0 unspecified atom stereocenters. The van der Waals surface area contributed by atoms with Gasteiger partial charge in [0.15, 0.2) is 5.60 Å². The Morgan fingerprint density at radius 1 is 1.59 bits per heavy atom. The Hall–Kier alpha value is -2.11. The summed E-state index contributed by atoms with van der Waals surface area (Å²) in [5.74, 6) is -0.315. The van der Waals surface area contributed by atoms with Gasteiger partial charge in [-0.2, -0.15) is 0 Å². The fourth-order valence-electron chi connectivity index (χ4n) is 1.76. The lowest BCUT2D eigenvalue weighted by molar-refractivity contribution is -0.125. The van der Waals surface area contributed by atoms with Crippen molar-refractivity contribution >= 4 is 17.6 Å². The molecule has 1 saturated carbocycles. The van der Waals surface area contributed by atoms with Crippen LogP contribution in [0.5, 0.6) is 5.88 Å². The molecule has 1 aliphatic carbocycles. The van der Waals surface area contributed by atoms with Crippen LogP contribution in [-0.4, -0.2) is 29.6 Å². The summed E-state index contributed by atoms with van der Waals surface area (Å²) < 4.78 is 10.1. The quantitative estimate of drug-likeness (QED) is 0.725. The van der Waals surface area contributed by atoms with Gasteiger partial charge >= 0.3 is 5.97 Å². The number of carbonyl (C=O) groups is 2. The van der Waals surface area contributed by atoms with Crippen LogP contribution in [0.2, 0.25) is 0 Å². The molecule has 1 aromatic rings. The Morgan fingerprint density at radius 2 is 2.35 bits per heavy atom. The zero-order chi connectivity index (χ0) is 12.0. The van der Waals surface area contributed by atoms with Crippen LogP contribution in [0.4, 0.5) is 5.69 Å². The molecular weight excluding hydrogens is 224 g/mol. The first kappa shape index (κ1) is 10.1. The van der Waals surface area contributed by atoms with Gasteiger partial charge in [-0.15, -0.1) is 0 Å². The summed E-state index contributed by atoms with van der Waals surface area (Å²) >= 11 is 0. The van der Waals surface area contributed by atoms with Crippen molar-refractivity contribution in [2.75, 3.05) is 12.4 Å². The van der Waals surface area contributed by atoms with Gasteiger partial charge in [0, 0.05) is 19.0 Å². The highest BCUT2D eigenvalue weighted by atomic mass is 16.5. The minimum atomic E-state index is -0.715. The number of methoxy groups -OCH3 is 1. The maximum absolute atomic E-state index is 11.7. The van der Waals surface area contributed by atoms with E-state index in [9.17, 15) is 9.59 Å². The zero-order valence-electron chi connectivity index (χ0n) is 9.15. The highest BCUT2D eigenvalue weighted by molar-refractivity contribution is 6.03. The van der Waals surface area contributed by atoms with Gasteiger partial charge < -0.3 is 14.8 Å². The van der Waals surface area contributed by atoms with E-state index < -0.39 is 11.6 Å². The Bertz CT molecular complexity index is 522. The molecule has 17 heavy (non-hydrogen) atoms. The standard InChI is InChI=1S/C11H10N2O4/c1-16-9(14)6-4-7-8(12-5-6)17-11(2-3-11)10(15)13-7/h4-5H,2-3H2,1H3,(H,13,15). The monoisotopic (exact) mass is 234 g/mol. The molecule has 2 heterocycles. The third-order valence-corrected chi connectivity index (χ3v) is 2.93. The summed E-state index contributed by atoms with van der Waals surface area (Å²) in [6.07, 6.45) is 2.79. The number of hydrogen-bond acceptors (Lipinski definition) is 5. The Labute approximate surface area is 96.9 Å². The molecule has 0 saturated heterocycles. The molecule has 2 aliphatic rings. The molecule has 6 nitrogen and oxygen atoms in total. The normalized spacial score (nSPS) is 19.0. The predicted octanol–water partition coefficient (Wildman–Crippen LogP) is 0.732. The van der Waals surface area contributed by atoms with Crippen molar-refractivity contribution in [3.8, 4) is 5.88 Å². The molecule has 1 aromatic heterocycles. The zero-order valence-corrected chi connectivity index (χ0v) is 9.15. The number of amides is 1. The second-order valence-corrected chi connectivity index (χ2v) is 4.12. The van der Waals surface area contributed by atoms with Crippen LogP contribution < -0.4 is 10.1 Å². The summed E-state index contributed by atoms with van der Waals surface area (Å²) in [4.78, 5) is 27.0. The Balaban J connectivity index is 1.97. The first-order valence-electron chi connectivity index (χ1n) is 5.23. The first-order chi connectivity index (χ1) is 8.14. The topological polar surface area (TPSA) is 77.5 Å². The average molecular weight is 234 g/mol. The number of ether oxygens (including phenoxy) is 2. The number of esters is 1. The van der Waals surface area contributed by atoms with E-state index in [1.54, 1.807) is 0 Å². The molecule has 1 aliphatic heterocycles. The largest absolute Gasteiger partial charge is 0.465 e. The number of fused-ring (bicyclic) bond motifs is 1. The van der Waals surface area contributed by atoms with Gasteiger partial charge in [0.1, 0.15) is 5.69 Å². The molecule has 1 amide bonds. The van der Waals surface area contributed by atoms with Crippen molar-refractivity contribution in [2.24, 2.45) is 0 Å². The van der Waals surface area contributed by atoms with Gasteiger partial charge in [-0.25, -0.2) is 9.78 Å². The second-order valence-electron chi connectivity index (χ2n) is 4.12. The summed E-state index contributed by atoms with van der Waals surface area (Å²) in [5, 5.41) is 2.70. The van der Waals surface area contributed by atoms with Crippen molar-refractivity contribution in [1.82, 2.24) is 4.98 Å². The molecule has 1 N–H and O–H groups in total. The van der Waals surface area contributed by atoms with Gasteiger partial charge in [-0.3, -0.25) is 4.79 Å². The smallest absolute Gasteiger partial charge is 0.339 e. The van der Waals surface area contributed by atoms with Crippen LogP contribution in [0.1, 0.15) is 23.2 Å². The van der Waals surface area contributed by atoms with Gasteiger partial charge in [-0.1, -0.05) is 0 Å². The summed E-state index contributed by atoms with van der Waals surface area (Å²) in [6.45, 7) is 0. The molecule has 88 valence electrons. The van der Waals surface area contributed by atoms with Gasteiger partial charge in [0.25, 0.3) is 5.91 Å². The fraction of sp³-hybridized carbons (Fsp3) is 0.364. The third-order valence-electron chi connectivity index (χ3n) is 2.93. The Kier molecular flexibility index (Phi) is 1.89. The number of nitrogens with one attached hydrogen (secondary N) is 1. The lowest BCUT2D eigenvalue weighted by Crippen LogP contribution is -2.39. The van der Waals surface area contributed by atoms with E-state index in [0.717, 1.165) is 0 Å². The van der Waals surface area contributed by atoms with Crippen molar-refractivity contribution in [3.05, 3.63) is 17.8 Å². The lowest BCUT2D eigenvalue weighted by Gasteiger charge is -2.24. The van der Waals surface area contributed by atoms with Crippen molar-refractivity contribution in [2.45, 2.75) is 18.4 Å². The molecular formula is C11H10N2O4. The summed E-state index contributed by atoms with van der Waals surface area (Å²) in [7, 11) is 1.29. The number of pyridine rings is 1. The first-order valence-corrected chi connectivity index (χ1v) is 5.23. The van der Waals surface area contributed by atoms with Crippen molar-refractivity contribution in [1.29, 1.82) is 0 Å². The highest BCUT2D eigenvalue weighted by Gasteiger charge is 2.55. The van der Waals surface area contributed by atoms with Crippen molar-refractivity contribution in [3.63, 3.8) is 0 Å². The van der Waals surface area contributed by atoms with Crippen LogP contribution in [-0.2, 0) is 9.53 Å². The van der Waals surface area contributed by atoms with Gasteiger partial charge in [-0.05, 0) is 6.07 Å². The fourth-order valence-corrected chi connectivity index (χ4v) is 1.76. The van der Waals surface area contributed by atoms with Crippen LogP contribution in [0.25, 0.3) is 0 Å². The molecule has 0 bridgehead atoms. The van der Waals surface area contributed by atoms with E-state index >= 15 is 0 Å².